The number of carbonyl (C=O) groups excluding carboxylic acids is 2. The lowest BCUT2D eigenvalue weighted by Crippen LogP contribution is -2.67. The Kier molecular flexibility index (Phi) is 8.74. The van der Waals surface area contributed by atoms with Gasteiger partial charge in [0.15, 0.2) is 11.5 Å². The van der Waals surface area contributed by atoms with Gasteiger partial charge in [-0.2, -0.15) is 0 Å². The number of likely N-dealkylation sites (N-methyl/N-ethyl adjacent to an activating group) is 1. The molecule has 1 aromatic carbocycles. The molecule has 4 aromatic rings. The van der Waals surface area contributed by atoms with Gasteiger partial charge in [-0.25, -0.2) is 13.8 Å². The van der Waals surface area contributed by atoms with Gasteiger partial charge in [0.2, 0.25) is 5.91 Å². The first kappa shape index (κ1) is 33.7. The summed E-state index contributed by atoms with van der Waals surface area (Å²) in [4.78, 5) is 58.3. The SMILES string of the molecule is C=CC(=O)N1CC2C(=O)N(CCN(C)C)c3c(c4cc(F)c(-c5c(O)cccc5F)nc4n(-c4c(C)ccnc4C(C)C)c3=O)N2CC1C. The van der Waals surface area contributed by atoms with Crippen molar-refractivity contribution in [2.45, 2.75) is 45.7 Å². The molecule has 0 bridgehead atoms. The highest BCUT2D eigenvalue weighted by Crippen LogP contribution is 2.44. The summed E-state index contributed by atoms with van der Waals surface area (Å²) in [5, 5.41) is 10.9. The minimum atomic E-state index is -0.936. The Bertz CT molecular complexity index is 2060. The molecule has 2 unspecified atom stereocenters. The van der Waals surface area contributed by atoms with E-state index in [0.29, 0.717) is 29.2 Å². The van der Waals surface area contributed by atoms with Crippen molar-refractivity contribution in [2.24, 2.45) is 0 Å². The molecule has 13 heteroatoms. The van der Waals surface area contributed by atoms with Gasteiger partial charge in [0.05, 0.1) is 29.2 Å². The average Bonchev–Trinajstić information content (AvgIpc) is 3.04. The van der Waals surface area contributed by atoms with E-state index in [0.717, 1.165) is 6.07 Å². The fraction of sp³-hybridized carbons (Fsp3) is 0.361. The van der Waals surface area contributed by atoms with Gasteiger partial charge in [0.1, 0.15) is 29.0 Å². The Morgan fingerprint density at radius 3 is 2.51 bits per heavy atom. The van der Waals surface area contributed by atoms with Crippen molar-refractivity contribution in [2.75, 3.05) is 50.1 Å². The number of anilines is 2. The average molecular weight is 672 g/mol. The van der Waals surface area contributed by atoms with Gasteiger partial charge in [-0.3, -0.25) is 23.9 Å². The molecule has 49 heavy (non-hydrogen) atoms. The number of rotatable bonds is 7. The van der Waals surface area contributed by atoms with Gasteiger partial charge in [-0.1, -0.05) is 26.5 Å². The second-order valence-corrected chi connectivity index (χ2v) is 13.2. The Morgan fingerprint density at radius 1 is 1.12 bits per heavy atom. The van der Waals surface area contributed by atoms with Crippen LogP contribution in [-0.2, 0) is 9.59 Å². The largest absolute Gasteiger partial charge is 0.507 e. The number of carbonyl (C=O) groups is 2. The number of pyridine rings is 3. The lowest BCUT2D eigenvalue weighted by molar-refractivity contribution is -0.130. The molecule has 2 aliphatic rings. The van der Waals surface area contributed by atoms with E-state index in [4.69, 9.17) is 0 Å². The molecule has 5 heterocycles. The Morgan fingerprint density at radius 2 is 1.86 bits per heavy atom. The van der Waals surface area contributed by atoms with E-state index < -0.39 is 46.3 Å². The van der Waals surface area contributed by atoms with Crippen molar-refractivity contribution in [1.82, 2.24) is 24.3 Å². The van der Waals surface area contributed by atoms with Gasteiger partial charge in [-0.05, 0) is 69.8 Å². The zero-order valence-electron chi connectivity index (χ0n) is 28.4. The molecule has 2 amide bonds. The maximum absolute atomic E-state index is 16.4. The molecule has 0 saturated carbocycles. The molecule has 6 rings (SSSR count). The van der Waals surface area contributed by atoms with E-state index >= 15 is 13.6 Å². The third kappa shape index (κ3) is 5.51. The van der Waals surface area contributed by atoms with Crippen LogP contribution in [0.5, 0.6) is 5.75 Å². The standard InChI is InChI=1S/C36H39F2N7O4/c1-8-27(47)43-18-25-35(48)42(15-14-41(6)7)33-32(44(25)17-21(43)5)22-16-24(38)30(28-23(37)10-9-11-26(28)46)40-34(22)45(36(33)49)31-20(4)12-13-39-29(31)19(2)3/h8-13,16,19,21,25,46H,1,14-15,17-18H2,2-7H3. The molecule has 0 radical (unpaired) electrons. The quantitative estimate of drug-likeness (QED) is 0.289. The van der Waals surface area contributed by atoms with Crippen LogP contribution in [0.4, 0.5) is 20.2 Å². The maximum Gasteiger partial charge on any atom is 0.283 e. The number of hydrogen-bond donors (Lipinski definition) is 1. The van der Waals surface area contributed by atoms with Gasteiger partial charge in [0, 0.05) is 37.3 Å². The molecule has 2 atom stereocenters. The highest BCUT2D eigenvalue weighted by Gasteiger charge is 2.47. The third-order valence-electron chi connectivity index (χ3n) is 9.28. The van der Waals surface area contributed by atoms with Gasteiger partial charge < -0.3 is 24.7 Å². The van der Waals surface area contributed by atoms with E-state index in [1.807, 2.05) is 46.7 Å². The fourth-order valence-electron chi connectivity index (χ4n) is 6.87. The van der Waals surface area contributed by atoms with Crippen LogP contribution in [0.15, 0.2) is 54.0 Å². The van der Waals surface area contributed by atoms with E-state index in [1.165, 1.54) is 33.7 Å². The van der Waals surface area contributed by atoms with Crippen LogP contribution < -0.4 is 15.4 Å². The molecule has 0 spiro atoms. The zero-order valence-corrected chi connectivity index (χ0v) is 28.4. The third-order valence-corrected chi connectivity index (χ3v) is 9.28. The summed E-state index contributed by atoms with van der Waals surface area (Å²) in [6.07, 6.45) is 2.84. The van der Waals surface area contributed by atoms with Crippen molar-refractivity contribution in [3.8, 4) is 22.7 Å². The smallest absolute Gasteiger partial charge is 0.283 e. The van der Waals surface area contributed by atoms with E-state index in [9.17, 15) is 14.7 Å². The number of aromatic nitrogens is 3. The number of halogens is 2. The molecule has 3 aromatic heterocycles. The number of benzene rings is 1. The normalized spacial score (nSPS) is 17.6. The second kappa shape index (κ2) is 12.7. The van der Waals surface area contributed by atoms with Crippen molar-refractivity contribution in [3.05, 3.63) is 82.4 Å². The number of amides is 2. The minimum Gasteiger partial charge on any atom is -0.507 e. The van der Waals surface area contributed by atoms with Crippen LogP contribution in [0, 0.1) is 18.6 Å². The van der Waals surface area contributed by atoms with E-state index in [1.54, 1.807) is 22.1 Å². The fourth-order valence-corrected chi connectivity index (χ4v) is 6.87. The first-order valence-corrected chi connectivity index (χ1v) is 16.2. The van der Waals surface area contributed by atoms with E-state index in [-0.39, 0.29) is 54.1 Å². The number of hydrogen-bond acceptors (Lipinski definition) is 8. The highest BCUT2D eigenvalue weighted by atomic mass is 19.1. The molecule has 0 aliphatic carbocycles. The van der Waals surface area contributed by atoms with Gasteiger partial charge in [0.25, 0.3) is 11.5 Å². The summed E-state index contributed by atoms with van der Waals surface area (Å²) < 4.78 is 33.0. The van der Waals surface area contributed by atoms with Crippen molar-refractivity contribution in [3.63, 3.8) is 0 Å². The molecule has 256 valence electrons. The summed E-state index contributed by atoms with van der Waals surface area (Å²) >= 11 is 0. The number of aryl methyl sites for hydroxylation is 1. The number of aromatic hydroxyl groups is 1. The molecular weight excluding hydrogens is 632 g/mol. The van der Waals surface area contributed by atoms with Crippen LogP contribution in [0.1, 0.15) is 37.9 Å². The first-order valence-electron chi connectivity index (χ1n) is 16.2. The molecule has 2 aliphatic heterocycles. The van der Waals surface area contributed by atoms with Crippen LogP contribution in [-0.4, -0.2) is 93.6 Å². The van der Waals surface area contributed by atoms with Crippen molar-refractivity contribution >= 4 is 34.2 Å². The molecular formula is C36H39F2N7O4. The molecule has 1 N–H and O–H groups in total. The monoisotopic (exact) mass is 671 g/mol. The zero-order chi connectivity index (χ0) is 35.5. The second-order valence-electron chi connectivity index (χ2n) is 13.2. The van der Waals surface area contributed by atoms with Crippen LogP contribution in [0.25, 0.3) is 28.0 Å². The lowest BCUT2D eigenvalue weighted by atomic mass is 9.97. The van der Waals surface area contributed by atoms with E-state index in [2.05, 4.69) is 16.5 Å². The summed E-state index contributed by atoms with van der Waals surface area (Å²) in [6, 6.07) is 5.26. The van der Waals surface area contributed by atoms with Gasteiger partial charge in [-0.15, -0.1) is 0 Å². The number of piperazine rings is 1. The Balaban J connectivity index is 1.77. The lowest BCUT2D eigenvalue weighted by Gasteiger charge is -2.50. The number of phenolic OH excluding ortho intramolecular Hbond substituents is 1. The molecule has 1 saturated heterocycles. The summed E-state index contributed by atoms with van der Waals surface area (Å²) in [7, 11) is 3.69. The Hall–Kier alpha value is -5.17. The van der Waals surface area contributed by atoms with Crippen molar-refractivity contribution in [1.29, 1.82) is 0 Å². The number of nitrogens with zero attached hydrogens (tertiary/aromatic N) is 7. The van der Waals surface area contributed by atoms with Crippen molar-refractivity contribution < 1.29 is 23.5 Å². The summed E-state index contributed by atoms with van der Waals surface area (Å²) in [5.74, 6) is -3.21. The summed E-state index contributed by atoms with van der Waals surface area (Å²) in [6.45, 7) is 11.8. The molecule has 11 nitrogen and oxygen atoms in total. The predicted octanol–water partition coefficient (Wildman–Crippen LogP) is 4.36. The first-order chi connectivity index (χ1) is 23.3. The predicted molar refractivity (Wildman–Crippen MR) is 184 cm³/mol. The Labute approximate surface area is 282 Å². The highest BCUT2D eigenvalue weighted by molar-refractivity contribution is 6.12. The topological polar surface area (TPSA) is 115 Å². The maximum atomic E-state index is 16.4. The van der Waals surface area contributed by atoms with Crippen LogP contribution >= 0.6 is 0 Å². The van der Waals surface area contributed by atoms with Gasteiger partial charge >= 0.3 is 0 Å². The van der Waals surface area contributed by atoms with Crippen LogP contribution in [0.3, 0.4) is 0 Å². The minimum absolute atomic E-state index is 0.00119. The number of fused-ring (bicyclic) bond motifs is 5. The van der Waals surface area contributed by atoms with Crippen LogP contribution in [0.2, 0.25) is 0 Å². The summed E-state index contributed by atoms with van der Waals surface area (Å²) in [5.41, 5.74) is 0.471. The molecule has 1 fully saturated rings. The number of phenols is 1.